The summed E-state index contributed by atoms with van der Waals surface area (Å²) in [4.78, 5) is 13.6. The average molecular weight is 441 g/mol. The number of hydrogen-bond acceptors (Lipinski definition) is 4. The zero-order valence-corrected chi connectivity index (χ0v) is 18.5. The number of sulfonamides is 1. The van der Waals surface area contributed by atoms with Gasteiger partial charge in [0.15, 0.2) is 0 Å². The molecule has 0 atom stereocenters. The van der Waals surface area contributed by atoms with Gasteiger partial charge < -0.3 is 5.32 Å². The van der Waals surface area contributed by atoms with Crippen molar-refractivity contribution in [2.24, 2.45) is 0 Å². The number of nitrogens with one attached hydrogen (secondary N) is 2. The third-order valence-electron chi connectivity index (χ3n) is 4.39. The Morgan fingerprint density at radius 3 is 2.20 bits per heavy atom. The van der Waals surface area contributed by atoms with E-state index in [-0.39, 0.29) is 10.8 Å². The summed E-state index contributed by atoms with van der Waals surface area (Å²) in [5.41, 5.74) is 3.03. The van der Waals surface area contributed by atoms with Gasteiger partial charge in [0.1, 0.15) is 0 Å². The van der Waals surface area contributed by atoms with E-state index in [4.69, 9.17) is 0 Å². The number of amides is 1. The molecular formula is C23H24N2O3S2. The fourth-order valence-electron chi connectivity index (χ4n) is 2.71. The van der Waals surface area contributed by atoms with Crippen molar-refractivity contribution in [1.82, 2.24) is 5.32 Å². The number of carbonyl (C=O) groups excluding carboxylic acids is 1. The number of rotatable bonds is 8. The maximum atomic E-state index is 12.7. The monoisotopic (exact) mass is 440 g/mol. The average Bonchev–Trinajstić information content (AvgIpc) is 2.74. The lowest BCUT2D eigenvalue weighted by atomic mass is 10.2. The fraction of sp³-hybridized carbons (Fsp3) is 0.174. The van der Waals surface area contributed by atoms with Crippen LogP contribution in [0.4, 0.5) is 5.69 Å². The van der Waals surface area contributed by atoms with Crippen LogP contribution >= 0.6 is 11.8 Å². The van der Waals surface area contributed by atoms with E-state index >= 15 is 0 Å². The number of aryl methyl sites for hydroxylation is 2. The molecule has 0 saturated heterocycles. The molecule has 7 heteroatoms. The van der Waals surface area contributed by atoms with Gasteiger partial charge in [0.05, 0.1) is 4.90 Å². The van der Waals surface area contributed by atoms with Crippen molar-refractivity contribution in [3.8, 4) is 0 Å². The van der Waals surface area contributed by atoms with Crippen molar-refractivity contribution in [2.75, 3.05) is 17.0 Å². The van der Waals surface area contributed by atoms with Gasteiger partial charge >= 0.3 is 0 Å². The molecule has 0 bridgehead atoms. The highest BCUT2D eigenvalue weighted by molar-refractivity contribution is 7.99. The first-order valence-corrected chi connectivity index (χ1v) is 12.0. The Labute approximate surface area is 182 Å². The molecule has 156 valence electrons. The molecule has 3 rings (SSSR count). The van der Waals surface area contributed by atoms with E-state index in [9.17, 15) is 13.2 Å². The molecule has 0 fully saturated rings. The summed E-state index contributed by atoms with van der Waals surface area (Å²) in [5.74, 6) is 0.425. The van der Waals surface area contributed by atoms with Crippen molar-refractivity contribution in [3.05, 3.63) is 89.5 Å². The van der Waals surface area contributed by atoms with Crippen molar-refractivity contribution in [3.63, 3.8) is 0 Å². The first-order valence-electron chi connectivity index (χ1n) is 9.51. The summed E-state index contributed by atoms with van der Waals surface area (Å²) in [5, 5.41) is 2.84. The van der Waals surface area contributed by atoms with E-state index in [2.05, 4.69) is 34.3 Å². The molecule has 0 heterocycles. The molecule has 5 nitrogen and oxygen atoms in total. The smallest absolute Gasteiger partial charge is 0.261 e. The van der Waals surface area contributed by atoms with Crippen LogP contribution in [-0.4, -0.2) is 26.6 Å². The minimum Gasteiger partial charge on any atom is -0.351 e. The quantitative estimate of drug-likeness (QED) is 0.396. The normalized spacial score (nSPS) is 11.1. The predicted molar refractivity (Wildman–Crippen MR) is 123 cm³/mol. The Balaban J connectivity index is 1.58. The lowest BCUT2D eigenvalue weighted by Crippen LogP contribution is -2.26. The third kappa shape index (κ3) is 6.11. The highest BCUT2D eigenvalue weighted by Crippen LogP contribution is 2.19. The van der Waals surface area contributed by atoms with Gasteiger partial charge in [0.25, 0.3) is 15.9 Å². The van der Waals surface area contributed by atoms with E-state index in [1.165, 1.54) is 17.7 Å². The molecule has 30 heavy (non-hydrogen) atoms. The van der Waals surface area contributed by atoms with Crippen LogP contribution in [0, 0.1) is 13.8 Å². The molecule has 0 aliphatic carbocycles. The van der Waals surface area contributed by atoms with Crippen LogP contribution in [0.15, 0.2) is 82.6 Å². The summed E-state index contributed by atoms with van der Waals surface area (Å²) < 4.78 is 27.9. The summed E-state index contributed by atoms with van der Waals surface area (Å²) in [6.45, 7) is 4.45. The molecule has 0 aromatic heterocycles. The van der Waals surface area contributed by atoms with Gasteiger partial charge in [0.2, 0.25) is 0 Å². The van der Waals surface area contributed by atoms with Gasteiger partial charge in [-0.1, -0.05) is 41.5 Å². The molecule has 0 radical (unpaired) electrons. The second-order valence-electron chi connectivity index (χ2n) is 6.92. The van der Waals surface area contributed by atoms with Gasteiger partial charge in [-0.15, -0.1) is 11.8 Å². The van der Waals surface area contributed by atoms with E-state index in [1.54, 1.807) is 36.0 Å². The van der Waals surface area contributed by atoms with Crippen LogP contribution in [0.2, 0.25) is 0 Å². The second-order valence-corrected chi connectivity index (χ2v) is 9.77. The van der Waals surface area contributed by atoms with Crippen LogP contribution in [-0.2, 0) is 10.0 Å². The molecule has 3 aromatic carbocycles. The summed E-state index contributed by atoms with van der Waals surface area (Å²) >= 11 is 1.66. The maximum absolute atomic E-state index is 12.7. The second kappa shape index (κ2) is 9.82. The molecule has 0 aliphatic heterocycles. The third-order valence-corrected chi connectivity index (χ3v) is 6.78. The van der Waals surface area contributed by atoms with E-state index in [1.807, 2.05) is 26.0 Å². The molecule has 2 N–H and O–H groups in total. The van der Waals surface area contributed by atoms with Crippen LogP contribution in [0.25, 0.3) is 0 Å². The van der Waals surface area contributed by atoms with Gasteiger partial charge in [-0.3, -0.25) is 9.52 Å². The summed E-state index contributed by atoms with van der Waals surface area (Å²) in [6, 6.07) is 21.3. The molecule has 0 spiro atoms. The SMILES string of the molecule is Cc1ccc(NS(=O)(=O)c2cccc(C(=O)NCCSc3ccc(C)cc3)c2)cc1. The van der Waals surface area contributed by atoms with Crippen molar-refractivity contribution in [2.45, 2.75) is 23.6 Å². The van der Waals surface area contributed by atoms with E-state index < -0.39 is 10.0 Å². The first-order chi connectivity index (χ1) is 14.3. The first kappa shape index (κ1) is 21.9. The van der Waals surface area contributed by atoms with Crippen LogP contribution in [0.3, 0.4) is 0 Å². The fourth-order valence-corrected chi connectivity index (χ4v) is 4.58. The maximum Gasteiger partial charge on any atom is 0.261 e. The minimum atomic E-state index is -3.78. The number of benzene rings is 3. The standard InChI is InChI=1S/C23H24N2O3S2/c1-17-6-10-20(11-7-17)25-30(27,28)22-5-3-4-19(16-22)23(26)24-14-15-29-21-12-8-18(2)9-13-21/h3-13,16,25H,14-15H2,1-2H3,(H,24,26). The van der Waals surface area contributed by atoms with Gasteiger partial charge in [-0.05, 0) is 56.3 Å². The van der Waals surface area contributed by atoms with Crippen molar-refractivity contribution < 1.29 is 13.2 Å². The summed E-state index contributed by atoms with van der Waals surface area (Å²) in [6.07, 6.45) is 0. The minimum absolute atomic E-state index is 0.0461. The van der Waals surface area contributed by atoms with Crippen LogP contribution in [0.5, 0.6) is 0 Å². The Morgan fingerprint density at radius 2 is 1.53 bits per heavy atom. The Kier molecular flexibility index (Phi) is 7.18. The lowest BCUT2D eigenvalue weighted by Gasteiger charge is -2.10. The largest absolute Gasteiger partial charge is 0.351 e. The van der Waals surface area contributed by atoms with Crippen LogP contribution < -0.4 is 10.0 Å². The zero-order valence-electron chi connectivity index (χ0n) is 16.9. The molecule has 0 aliphatic rings. The highest BCUT2D eigenvalue weighted by atomic mass is 32.2. The molecule has 1 amide bonds. The summed E-state index contributed by atoms with van der Waals surface area (Å²) in [7, 11) is -3.78. The van der Waals surface area contributed by atoms with E-state index in [0.717, 1.165) is 16.2 Å². The number of thioether (sulfide) groups is 1. The molecule has 0 saturated carbocycles. The topological polar surface area (TPSA) is 75.3 Å². The Bertz CT molecular complexity index is 1110. The Morgan fingerprint density at radius 1 is 0.900 bits per heavy atom. The zero-order chi connectivity index (χ0) is 21.6. The molecule has 3 aromatic rings. The van der Waals surface area contributed by atoms with Gasteiger partial charge in [0, 0.05) is 28.4 Å². The number of anilines is 1. The molecular weight excluding hydrogens is 416 g/mol. The highest BCUT2D eigenvalue weighted by Gasteiger charge is 2.16. The van der Waals surface area contributed by atoms with Crippen LogP contribution in [0.1, 0.15) is 21.5 Å². The van der Waals surface area contributed by atoms with Gasteiger partial charge in [-0.2, -0.15) is 0 Å². The van der Waals surface area contributed by atoms with Crippen molar-refractivity contribution in [1.29, 1.82) is 0 Å². The van der Waals surface area contributed by atoms with Gasteiger partial charge in [-0.25, -0.2) is 8.42 Å². The lowest BCUT2D eigenvalue weighted by molar-refractivity contribution is 0.0956. The molecule has 0 unspecified atom stereocenters. The van der Waals surface area contributed by atoms with E-state index in [0.29, 0.717) is 17.8 Å². The predicted octanol–water partition coefficient (Wildman–Crippen LogP) is 4.63. The Hall–Kier alpha value is -2.77. The number of carbonyl (C=O) groups is 1. The number of hydrogen-bond donors (Lipinski definition) is 2. The van der Waals surface area contributed by atoms with Crippen molar-refractivity contribution >= 4 is 33.4 Å².